The molecule has 1 aliphatic rings. The Kier molecular flexibility index (Phi) is 5.75. The molecule has 0 spiro atoms. The first-order valence-corrected chi connectivity index (χ1v) is 8.72. The third-order valence-corrected chi connectivity index (χ3v) is 4.67. The second-order valence-corrected chi connectivity index (χ2v) is 6.51. The molecular weight excluding hydrogens is 321 g/mol. The smallest absolute Gasteiger partial charge is 0.237 e. The third kappa shape index (κ3) is 4.63. The second kappa shape index (κ2) is 8.20. The van der Waals surface area contributed by atoms with Gasteiger partial charge in [0.1, 0.15) is 18.0 Å². The number of aryl methyl sites for hydroxylation is 1. The topological polar surface area (TPSA) is 63.1 Å². The average molecular weight is 345 g/mol. The van der Waals surface area contributed by atoms with E-state index in [9.17, 15) is 9.18 Å². The highest BCUT2D eigenvalue weighted by atomic mass is 19.1. The van der Waals surface area contributed by atoms with Gasteiger partial charge in [-0.15, -0.1) is 10.2 Å². The maximum atomic E-state index is 13.1. The van der Waals surface area contributed by atoms with E-state index in [1.54, 1.807) is 18.5 Å². The molecule has 25 heavy (non-hydrogen) atoms. The molecule has 2 heterocycles. The van der Waals surface area contributed by atoms with Gasteiger partial charge in [-0.05, 0) is 37.1 Å². The lowest BCUT2D eigenvalue weighted by atomic mass is 10.0. The van der Waals surface area contributed by atoms with Gasteiger partial charge in [0, 0.05) is 26.6 Å². The fourth-order valence-corrected chi connectivity index (χ4v) is 3.25. The highest BCUT2D eigenvalue weighted by Crippen LogP contribution is 2.20. The van der Waals surface area contributed by atoms with Gasteiger partial charge in [-0.3, -0.25) is 9.69 Å². The number of piperidine rings is 1. The molecular formula is C18H24FN5O. The van der Waals surface area contributed by atoms with E-state index in [-0.39, 0.29) is 17.8 Å². The summed E-state index contributed by atoms with van der Waals surface area (Å²) >= 11 is 0. The molecule has 0 aliphatic carbocycles. The van der Waals surface area contributed by atoms with Gasteiger partial charge in [-0.1, -0.05) is 18.6 Å². The van der Waals surface area contributed by atoms with Gasteiger partial charge >= 0.3 is 0 Å². The maximum Gasteiger partial charge on any atom is 0.237 e. The number of hydrogen-bond acceptors (Lipinski definition) is 4. The van der Waals surface area contributed by atoms with Crippen LogP contribution in [-0.4, -0.2) is 44.7 Å². The molecule has 1 atom stereocenters. The fraction of sp³-hybridized carbons (Fsp3) is 0.500. The lowest BCUT2D eigenvalue weighted by Crippen LogP contribution is -2.49. The van der Waals surface area contributed by atoms with Crippen LogP contribution >= 0.6 is 0 Å². The molecule has 0 radical (unpaired) electrons. The summed E-state index contributed by atoms with van der Waals surface area (Å²) in [6, 6.07) is 6.38. The number of carbonyl (C=O) groups is 1. The molecule has 1 aliphatic heterocycles. The van der Waals surface area contributed by atoms with Crippen molar-refractivity contribution >= 4 is 5.91 Å². The van der Waals surface area contributed by atoms with Gasteiger partial charge in [0.05, 0.1) is 6.04 Å². The van der Waals surface area contributed by atoms with Crippen LogP contribution in [0.2, 0.25) is 0 Å². The summed E-state index contributed by atoms with van der Waals surface area (Å²) in [6.07, 6.45) is 5.32. The van der Waals surface area contributed by atoms with E-state index in [0.717, 1.165) is 37.2 Å². The minimum Gasteiger partial charge on any atom is -0.354 e. The van der Waals surface area contributed by atoms with Gasteiger partial charge < -0.3 is 9.88 Å². The average Bonchev–Trinajstić information content (AvgIpc) is 3.02. The molecule has 2 aromatic rings. The summed E-state index contributed by atoms with van der Waals surface area (Å²) < 4.78 is 14.9. The zero-order valence-corrected chi connectivity index (χ0v) is 14.5. The number of nitrogens with zero attached hydrogens (tertiary/aromatic N) is 4. The van der Waals surface area contributed by atoms with Gasteiger partial charge in [0.25, 0.3) is 0 Å². The Morgan fingerprint density at radius 3 is 2.84 bits per heavy atom. The molecule has 1 saturated heterocycles. The molecule has 6 nitrogen and oxygen atoms in total. The molecule has 1 N–H and O–H groups in total. The first-order chi connectivity index (χ1) is 12.1. The number of likely N-dealkylation sites (tertiary alicyclic amines) is 1. The summed E-state index contributed by atoms with van der Waals surface area (Å²) in [5.74, 6) is 0.677. The second-order valence-electron chi connectivity index (χ2n) is 6.51. The summed E-state index contributed by atoms with van der Waals surface area (Å²) in [5.41, 5.74) is 1.03. The predicted molar refractivity (Wildman–Crippen MR) is 92.2 cm³/mol. The molecule has 1 amide bonds. The van der Waals surface area contributed by atoms with E-state index >= 15 is 0 Å². The number of amides is 1. The van der Waals surface area contributed by atoms with Crippen LogP contribution in [0.3, 0.4) is 0 Å². The zero-order valence-electron chi connectivity index (χ0n) is 14.5. The first-order valence-electron chi connectivity index (χ1n) is 8.72. The van der Waals surface area contributed by atoms with Crippen molar-refractivity contribution in [2.45, 2.75) is 38.3 Å². The van der Waals surface area contributed by atoms with Crippen molar-refractivity contribution < 1.29 is 9.18 Å². The number of nitrogens with one attached hydrogen (secondary N) is 1. The number of rotatable bonds is 6. The number of hydrogen-bond donors (Lipinski definition) is 1. The van der Waals surface area contributed by atoms with E-state index < -0.39 is 0 Å². The molecule has 134 valence electrons. The first kappa shape index (κ1) is 17.5. The number of aromatic nitrogens is 3. The van der Waals surface area contributed by atoms with Crippen molar-refractivity contribution in [3.63, 3.8) is 0 Å². The van der Waals surface area contributed by atoms with E-state index in [4.69, 9.17) is 0 Å². The lowest BCUT2D eigenvalue weighted by Gasteiger charge is -2.34. The fourth-order valence-electron chi connectivity index (χ4n) is 3.25. The van der Waals surface area contributed by atoms with Crippen LogP contribution in [0.5, 0.6) is 0 Å². The minimum atomic E-state index is -0.236. The van der Waals surface area contributed by atoms with E-state index in [1.807, 2.05) is 11.6 Å². The quantitative estimate of drug-likeness (QED) is 0.865. The van der Waals surface area contributed by atoms with Crippen LogP contribution in [0.1, 0.15) is 30.7 Å². The SMILES string of the molecule is Cn1cnnc1CCNC(=O)C1CCCCN1Cc1ccc(F)cc1. The van der Waals surface area contributed by atoms with E-state index in [0.29, 0.717) is 19.5 Å². The highest BCUT2D eigenvalue weighted by molar-refractivity contribution is 5.81. The van der Waals surface area contributed by atoms with Crippen molar-refractivity contribution in [2.75, 3.05) is 13.1 Å². The molecule has 3 rings (SSSR count). The Labute approximate surface area is 147 Å². The monoisotopic (exact) mass is 345 g/mol. The summed E-state index contributed by atoms with van der Waals surface area (Å²) in [6.45, 7) is 2.10. The predicted octanol–water partition coefficient (Wildman–Crippen LogP) is 1.67. The molecule has 1 aromatic heterocycles. The Morgan fingerprint density at radius 1 is 1.32 bits per heavy atom. The van der Waals surface area contributed by atoms with Crippen LogP contribution < -0.4 is 5.32 Å². The highest BCUT2D eigenvalue weighted by Gasteiger charge is 2.28. The Morgan fingerprint density at radius 2 is 2.12 bits per heavy atom. The summed E-state index contributed by atoms with van der Waals surface area (Å²) in [4.78, 5) is 14.8. The molecule has 7 heteroatoms. The maximum absolute atomic E-state index is 13.1. The minimum absolute atomic E-state index is 0.0592. The van der Waals surface area contributed by atoms with Crippen molar-refractivity contribution in [1.82, 2.24) is 25.0 Å². The van der Waals surface area contributed by atoms with Crippen LogP contribution in [0.15, 0.2) is 30.6 Å². The third-order valence-electron chi connectivity index (χ3n) is 4.67. The van der Waals surface area contributed by atoms with Crippen molar-refractivity contribution in [3.05, 3.63) is 47.8 Å². The van der Waals surface area contributed by atoms with Crippen molar-refractivity contribution in [1.29, 1.82) is 0 Å². The van der Waals surface area contributed by atoms with E-state index in [2.05, 4.69) is 20.4 Å². The van der Waals surface area contributed by atoms with Gasteiger partial charge in [-0.2, -0.15) is 0 Å². The molecule has 0 saturated carbocycles. The van der Waals surface area contributed by atoms with Crippen LogP contribution in [0.4, 0.5) is 4.39 Å². The van der Waals surface area contributed by atoms with E-state index in [1.165, 1.54) is 12.1 Å². The lowest BCUT2D eigenvalue weighted by molar-refractivity contribution is -0.127. The molecule has 1 fully saturated rings. The van der Waals surface area contributed by atoms with Crippen LogP contribution in [-0.2, 0) is 24.8 Å². The number of halogens is 1. The zero-order chi connectivity index (χ0) is 17.6. The van der Waals surface area contributed by atoms with Crippen molar-refractivity contribution in [3.8, 4) is 0 Å². The Balaban J connectivity index is 1.55. The Hall–Kier alpha value is -2.28. The molecule has 1 unspecified atom stereocenters. The number of benzene rings is 1. The van der Waals surface area contributed by atoms with Gasteiger partial charge in [0.2, 0.25) is 5.91 Å². The van der Waals surface area contributed by atoms with Gasteiger partial charge in [0.15, 0.2) is 0 Å². The van der Waals surface area contributed by atoms with Gasteiger partial charge in [-0.25, -0.2) is 4.39 Å². The summed E-state index contributed by atoms with van der Waals surface area (Å²) in [7, 11) is 1.89. The van der Waals surface area contributed by atoms with Crippen LogP contribution in [0.25, 0.3) is 0 Å². The Bertz CT molecular complexity index is 700. The standard InChI is InChI=1S/C18H24FN5O/c1-23-13-21-22-17(23)9-10-20-18(25)16-4-2-3-11-24(16)12-14-5-7-15(19)8-6-14/h5-8,13,16H,2-4,9-12H2,1H3,(H,20,25). The largest absolute Gasteiger partial charge is 0.354 e. The molecule has 0 bridgehead atoms. The normalized spacial score (nSPS) is 18.2. The van der Waals surface area contributed by atoms with Crippen molar-refractivity contribution in [2.24, 2.45) is 7.05 Å². The van der Waals surface area contributed by atoms with Crippen LogP contribution in [0, 0.1) is 5.82 Å². The number of carbonyl (C=O) groups excluding carboxylic acids is 1. The summed E-state index contributed by atoms with van der Waals surface area (Å²) in [5, 5.41) is 10.9. The molecule has 1 aromatic carbocycles.